The largest absolute Gasteiger partial charge is 0.293 e. The predicted octanol–water partition coefficient (Wildman–Crippen LogP) is 4.37. The summed E-state index contributed by atoms with van der Waals surface area (Å²) in [6, 6.07) is 13.5. The number of aryl methyl sites for hydroxylation is 1. The summed E-state index contributed by atoms with van der Waals surface area (Å²) >= 11 is 0.932. The van der Waals surface area contributed by atoms with Crippen LogP contribution in [0.3, 0.4) is 0 Å². The second-order valence-corrected chi connectivity index (χ2v) is 6.24. The lowest BCUT2D eigenvalue weighted by molar-refractivity contribution is -0.123. The molecule has 1 aliphatic rings. The topological polar surface area (TPSA) is 37.4 Å². The van der Waals surface area contributed by atoms with Gasteiger partial charge in [0.2, 0.25) is 0 Å². The lowest BCUT2D eigenvalue weighted by Crippen LogP contribution is -2.27. The Hall–Kier alpha value is -2.40. The van der Waals surface area contributed by atoms with Gasteiger partial charge in [-0.15, -0.1) is 0 Å². The standard InChI is InChI=1S/C18H14FNO2S/c1-12-4-2-3-5-14(12)10-16-17(21)20(18(22)23-16)11-13-6-8-15(19)9-7-13/h2-10H,11H2,1H3/b16-10-. The summed E-state index contributed by atoms with van der Waals surface area (Å²) in [5, 5.41) is -0.306. The summed E-state index contributed by atoms with van der Waals surface area (Å²) in [5.74, 6) is -0.657. The molecule has 23 heavy (non-hydrogen) atoms. The number of nitrogens with zero attached hydrogens (tertiary/aromatic N) is 1. The van der Waals surface area contributed by atoms with Crippen molar-refractivity contribution < 1.29 is 14.0 Å². The van der Waals surface area contributed by atoms with Crippen LogP contribution < -0.4 is 0 Å². The molecule has 0 bridgehead atoms. The minimum Gasteiger partial charge on any atom is -0.268 e. The third-order valence-corrected chi connectivity index (χ3v) is 4.51. The highest BCUT2D eigenvalue weighted by atomic mass is 32.2. The van der Waals surface area contributed by atoms with E-state index in [9.17, 15) is 14.0 Å². The van der Waals surface area contributed by atoms with Crippen molar-refractivity contribution >= 4 is 29.0 Å². The van der Waals surface area contributed by atoms with Crippen LogP contribution in [-0.4, -0.2) is 16.0 Å². The SMILES string of the molecule is Cc1ccccc1/C=C1\SC(=O)N(Cc2ccc(F)cc2)C1=O. The lowest BCUT2D eigenvalue weighted by Gasteiger charge is -2.12. The second kappa shape index (κ2) is 6.38. The highest BCUT2D eigenvalue weighted by Gasteiger charge is 2.34. The van der Waals surface area contributed by atoms with Crippen LogP contribution in [0.2, 0.25) is 0 Å². The number of hydrogen-bond acceptors (Lipinski definition) is 3. The van der Waals surface area contributed by atoms with Crippen molar-refractivity contribution in [2.75, 3.05) is 0 Å². The first-order chi connectivity index (χ1) is 11.0. The average molecular weight is 327 g/mol. The van der Waals surface area contributed by atoms with E-state index in [2.05, 4.69) is 0 Å². The van der Waals surface area contributed by atoms with Gasteiger partial charge in [-0.25, -0.2) is 4.39 Å². The molecule has 3 nitrogen and oxygen atoms in total. The molecule has 0 aliphatic carbocycles. The maximum Gasteiger partial charge on any atom is 0.293 e. The fourth-order valence-electron chi connectivity index (χ4n) is 2.30. The minimum atomic E-state index is -0.345. The Balaban J connectivity index is 1.82. The lowest BCUT2D eigenvalue weighted by atomic mass is 10.1. The Kier molecular flexibility index (Phi) is 4.30. The Morgan fingerprint density at radius 1 is 1.09 bits per heavy atom. The third kappa shape index (κ3) is 3.35. The van der Waals surface area contributed by atoms with Gasteiger partial charge in [0.15, 0.2) is 0 Å². The van der Waals surface area contributed by atoms with Crippen LogP contribution in [0.1, 0.15) is 16.7 Å². The normalized spacial score (nSPS) is 16.4. The van der Waals surface area contributed by atoms with Crippen molar-refractivity contribution in [2.24, 2.45) is 0 Å². The molecular weight excluding hydrogens is 313 g/mol. The first kappa shape index (κ1) is 15.5. The molecule has 3 rings (SSSR count). The van der Waals surface area contributed by atoms with Gasteiger partial charge in [-0.2, -0.15) is 0 Å². The van der Waals surface area contributed by atoms with Crippen molar-refractivity contribution in [1.82, 2.24) is 4.90 Å². The summed E-state index contributed by atoms with van der Waals surface area (Å²) in [6.07, 6.45) is 1.74. The van der Waals surface area contributed by atoms with Crippen LogP contribution in [0.4, 0.5) is 9.18 Å². The van der Waals surface area contributed by atoms with E-state index < -0.39 is 0 Å². The minimum absolute atomic E-state index is 0.149. The fraction of sp³-hybridized carbons (Fsp3) is 0.111. The second-order valence-electron chi connectivity index (χ2n) is 5.25. The molecule has 1 aliphatic heterocycles. The molecule has 0 N–H and O–H groups in total. The van der Waals surface area contributed by atoms with Gasteiger partial charge >= 0.3 is 0 Å². The zero-order valence-electron chi connectivity index (χ0n) is 12.5. The monoisotopic (exact) mass is 327 g/mol. The van der Waals surface area contributed by atoms with Crippen molar-refractivity contribution in [3.8, 4) is 0 Å². The van der Waals surface area contributed by atoms with E-state index in [1.807, 2.05) is 31.2 Å². The molecule has 5 heteroatoms. The first-order valence-corrected chi connectivity index (χ1v) is 7.92. The summed E-state index contributed by atoms with van der Waals surface area (Å²) in [6.45, 7) is 2.10. The number of thioether (sulfide) groups is 1. The molecule has 1 saturated heterocycles. The van der Waals surface area contributed by atoms with Crippen molar-refractivity contribution in [2.45, 2.75) is 13.5 Å². The molecule has 0 atom stereocenters. The Bertz CT molecular complexity index is 799. The van der Waals surface area contributed by atoms with Crippen LogP contribution in [0.15, 0.2) is 53.4 Å². The van der Waals surface area contributed by atoms with Gasteiger partial charge in [0.1, 0.15) is 5.82 Å². The van der Waals surface area contributed by atoms with Gasteiger partial charge in [-0.3, -0.25) is 14.5 Å². The number of benzene rings is 2. The molecule has 1 fully saturated rings. The molecule has 2 aromatic carbocycles. The van der Waals surface area contributed by atoms with E-state index in [0.29, 0.717) is 10.5 Å². The molecule has 1 heterocycles. The van der Waals surface area contributed by atoms with Crippen LogP contribution in [0.5, 0.6) is 0 Å². The van der Waals surface area contributed by atoms with Crippen molar-refractivity contribution in [1.29, 1.82) is 0 Å². The van der Waals surface area contributed by atoms with Crippen molar-refractivity contribution in [3.05, 3.63) is 75.9 Å². The van der Waals surface area contributed by atoms with E-state index in [1.54, 1.807) is 18.2 Å². The van der Waals surface area contributed by atoms with Crippen LogP contribution in [0, 0.1) is 12.7 Å². The van der Waals surface area contributed by atoms with Gasteiger partial charge in [0, 0.05) is 0 Å². The molecular formula is C18H14FNO2S. The Morgan fingerprint density at radius 3 is 2.48 bits per heavy atom. The third-order valence-electron chi connectivity index (χ3n) is 3.60. The Labute approximate surface area is 137 Å². The van der Waals surface area contributed by atoms with Gasteiger partial charge < -0.3 is 0 Å². The van der Waals surface area contributed by atoms with Gasteiger partial charge in [0.05, 0.1) is 11.4 Å². The van der Waals surface area contributed by atoms with Gasteiger partial charge in [-0.05, 0) is 53.6 Å². The number of amides is 2. The Morgan fingerprint density at radius 2 is 1.78 bits per heavy atom. The van der Waals surface area contributed by atoms with Gasteiger partial charge in [0.25, 0.3) is 11.1 Å². The highest BCUT2D eigenvalue weighted by molar-refractivity contribution is 8.18. The molecule has 0 aromatic heterocycles. The zero-order valence-corrected chi connectivity index (χ0v) is 13.3. The number of hydrogen-bond donors (Lipinski definition) is 0. The summed E-state index contributed by atoms with van der Waals surface area (Å²) < 4.78 is 12.9. The molecule has 0 unspecified atom stereocenters. The summed E-state index contributed by atoms with van der Waals surface area (Å²) in [7, 11) is 0. The number of carbonyl (C=O) groups excluding carboxylic acids is 2. The van der Waals surface area contributed by atoms with E-state index in [0.717, 1.165) is 22.9 Å². The maximum absolute atomic E-state index is 12.9. The van der Waals surface area contributed by atoms with E-state index in [1.165, 1.54) is 17.0 Å². The molecule has 0 radical (unpaired) electrons. The van der Waals surface area contributed by atoms with Gasteiger partial charge in [-0.1, -0.05) is 36.4 Å². The van der Waals surface area contributed by atoms with E-state index in [4.69, 9.17) is 0 Å². The van der Waals surface area contributed by atoms with Crippen molar-refractivity contribution in [3.63, 3.8) is 0 Å². The van der Waals surface area contributed by atoms with E-state index in [-0.39, 0.29) is 23.5 Å². The molecule has 2 aromatic rings. The fourth-order valence-corrected chi connectivity index (χ4v) is 3.13. The number of imide groups is 1. The summed E-state index contributed by atoms with van der Waals surface area (Å²) in [4.78, 5) is 26.1. The number of carbonyl (C=O) groups is 2. The zero-order chi connectivity index (χ0) is 16.4. The predicted molar refractivity (Wildman–Crippen MR) is 89.1 cm³/mol. The number of halogens is 1. The van der Waals surface area contributed by atoms with Crippen LogP contribution >= 0.6 is 11.8 Å². The van der Waals surface area contributed by atoms with Crippen LogP contribution in [0.25, 0.3) is 6.08 Å². The maximum atomic E-state index is 12.9. The highest BCUT2D eigenvalue weighted by Crippen LogP contribution is 2.33. The number of rotatable bonds is 3. The van der Waals surface area contributed by atoms with E-state index >= 15 is 0 Å². The van der Waals surface area contributed by atoms with Crippen LogP contribution in [-0.2, 0) is 11.3 Å². The summed E-state index contributed by atoms with van der Waals surface area (Å²) in [5.41, 5.74) is 2.67. The molecule has 116 valence electrons. The molecule has 0 saturated carbocycles. The smallest absolute Gasteiger partial charge is 0.268 e. The molecule has 2 amide bonds. The average Bonchev–Trinajstić information content (AvgIpc) is 2.79. The first-order valence-electron chi connectivity index (χ1n) is 7.10. The quantitative estimate of drug-likeness (QED) is 0.786. The molecule has 0 spiro atoms.